The van der Waals surface area contributed by atoms with Gasteiger partial charge in [-0.3, -0.25) is 9.78 Å². The van der Waals surface area contributed by atoms with E-state index in [0.29, 0.717) is 23.1 Å². The van der Waals surface area contributed by atoms with Crippen LogP contribution < -0.4 is 4.74 Å². The lowest BCUT2D eigenvalue weighted by Crippen LogP contribution is -2.41. The highest BCUT2D eigenvalue weighted by molar-refractivity contribution is 8.77. The number of unbranched alkanes of at least 4 members (excludes halogenated alkanes) is 1. The van der Waals surface area contributed by atoms with E-state index in [1.54, 1.807) is 18.5 Å². The Morgan fingerprint density at radius 1 is 1.32 bits per heavy atom. The van der Waals surface area contributed by atoms with Crippen molar-refractivity contribution < 1.29 is 9.53 Å². The van der Waals surface area contributed by atoms with E-state index >= 15 is 0 Å². The second kappa shape index (κ2) is 9.93. The Kier molecular flexibility index (Phi) is 7.62. The summed E-state index contributed by atoms with van der Waals surface area (Å²) in [5.41, 5.74) is 0. The van der Waals surface area contributed by atoms with E-state index in [1.807, 2.05) is 26.5 Å². The molecule has 0 bridgehead atoms. The van der Waals surface area contributed by atoms with Gasteiger partial charge in [-0.15, -0.1) is 0 Å². The van der Waals surface area contributed by atoms with Gasteiger partial charge >= 0.3 is 0 Å². The van der Waals surface area contributed by atoms with Crippen molar-refractivity contribution in [1.29, 1.82) is 0 Å². The van der Waals surface area contributed by atoms with Crippen LogP contribution in [-0.2, 0) is 4.79 Å². The van der Waals surface area contributed by atoms with Gasteiger partial charge in [0.05, 0.1) is 0 Å². The predicted octanol–water partition coefficient (Wildman–Crippen LogP) is 4.82. The molecule has 3 rings (SSSR count). The highest BCUT2D eigenvalue weighted by atomic mass is 35.5. The third kappa shape index (κ3) is 5.97. The zero-order chi connectivity index (χ0) is 17.5. The van der Waals surface area contributed by atoms with Crippen LogP contribution in [0.4, 0.5) is 0 Å². The lowest BCUT2D eigenvalue weighted by Gasteiger charge is -2.32. The third-order valence-corrected chi connectivity index (χ3v) is 8.01. The topological polar surface area (TPSA) is 42.4 Å². The minimum absolute atomic E-state index is 0.126. The fourth-order valence-corrected chi connectivity index (χ4v) is 6.42. The maximum absolute atomic E-state index is 12.4. The van der Waals surface area contributed by atoms with Gasteiger partial charge in [0.25, 0.3) is 0 Å². The Morgan fingerprint density at radius 3 is 2.88 bits per heavy atom. The molecule has 3 heterocycles. The smallest absolute Gasteiger partial charge is 0.222 e. The first-order valence-electron chi connectivity index (χ1n) is 9.04. The summed E-state index contributed by atoms with van der Waals surface area (Å²) in [5, 5.41) is 1.35. The zero-order valence-electron chi connectivity index (χ0n) is 14.4. The molecule has 138 valence electrons. The lowest BCUT2D eigenvalue weighted by atomic mass is 10.1. The molecule has 0 N–H and O–H groups in total. The first-order chi connectivity index (χ1) is 12.2. The van der Waals surface area contributed by atoms with Crippen LogP contribution in [0.15, 0.2) is 18.5 Å². The quantitative estimate of drug-likeness (QED) is 0.485. The highest BCUT2D eigenvalue weighted by Gasteiger charge is 2.24. The predicted molar refractivity (Wildman–Crippen MR) is 106 cm³/mol. The average Bonchev–Trinajstić information content (AvgIpc) is 3.15. The molecule has 2 fully saturated rings. The lowest BCUT2D eigenvalue weighted by molar-refractivity contribution is -0.133. The van der Waals surface area contributed by atoms with E-state index in [-0.39, 0.29) is 6.10 Å². The van der Waals surface area contributed by atoms with Crippen LogP contribution in [0.2, 0.25) is 5.02 Å². The molecule has 2 aliphatic heterocycles. The maximum Gasteiger partial charge on any atom is 0.222 e. The largest absolute Gasteiger partial charge is 0.489 e. The van der Waals surface area contributed by atoms with Crippen molar-refractivity contribution in [3.8, 4) is 5.75 Å². The number of aromatic nitrogens is 1. The molecule has 0 unspecified atom stereocenters. The van der Waals surface area contributed by atoms with Crippen molar-refractivity contribution in [3.63, 3.8) is 0 Å². The Balaban J connectivity index is 1.32. The van der Waals surface area contributed by atoms with Gasteiger partial charge < -0.3 is 9.64 Å². The fraction of sp³-hybridized carbons (Fsp3) is 0.667. The van der Waals surface area contributed by atoms with Gasteiger partial charge in [-0.05, 0) is 19.3 Å². The molecule has 2 saturated heterocycles. The number of rotatable bonds is 7. The summed E-state index contributed by atoms with van der Waals surface area (Å²) < 4.78 is 5.96. The molecule has 4 nitrogen and oxygen atoms in total. The molecular formula is C18H25ClN2O2S2. The SMILES string of the molecule is O=C(CCCC[C@H]1CCSS1)N1CCC(Oc2ccncc2Cl)CC1. The van der Waals surface area contributed by atoms with Gasteiger partial charge in [0, 0.05) is 61.8 Å². The second-order valence-corrected chi connectivity index (χ2v) is 9.77. The fourth-order valence-electron chi connectivity index (χ4n) is 3.23. The van der Waals surface area contributed by atoms with E-state index in [9.17, 15) is 4.79 Å². The van der Waals surface area contributed by atoms with Gasteiger partial charge in [0.2, 0.25) is 5.91 Å². The van der Waals surface area contributed by atoms with Crippen molar-refractivity contribution in [2.45, 2.75) is 56.3 Å². The molecule has 0 aromatic carbocycles. The van der Waals surface area contributed by atoms with E-state index in [0.717, 1.165) is 37.6 Å². The van der Waals surface area contributed by atoms with Gasteiger partial charge in [-0.1, -0.05) is 39.6 Å². The molecule has 1 aromatic heterocycles. The highest BCUT2D eigenvalue weighted by Crippen LogP contribution is 2.39. The number of nitrogens with zero attached hydrogens (tertiary/aromatic N) is 2. The van der Waals surface area contributed by atoms with E-state index < -0.39 is 0 Å². The maximum atomic E-state index is 12.4. The molecule has 0 saturated carbocycles. The normalized spacial score (nSPS) is 21.5. The second-order valence-electron chi connectivity index (χ2n) is 6.58. The number of carbonyl (C=O) groups is 1. The van der Waals surface area contributed by atoms with Crippen molar-refractivity contribution in [2.75, 3.05) is 18.8 Å². The molecular weight excluding hydrogens is 376 g/mol. The first kappa shape index (κ1) is 19.2. The molecule has 1 aromatic rings. The molecule has 0 spiro atoms. The van der Waals surface area contributed by atoms with E-state index in [4.69, 9.17) is 16.3 Å². The van der Waals surface area contributed by atoms with Crippen molar-refractivity contribution in [2.24, 2.45) is 0 Å². The van der Waals surface area contributed by atoms with Crippen LogP contribution in [-0.4, -0.2) is 46.0 Å². The van der Waals surface area contributed by atoms with Gasteiger partial charge in [-0.25, -0.2) is 0 Å². The van der Waals surface area contributed by atoms with Crippen molar-refractivity contribution >= 4 is 39.1 Å². The van der Waals surface area contributed by atoms with Gasteiger partial charge in [0.15, 0.2) is 0 Å². The zero-order valence-corrected chi connectivity index (χ0v) is 16.8. The van der Waals surface area contributed by atoms with Crippen LogP contribution in [0.1, 0.15) is 44.9 Å². The summed E-state index contributed by atoms with van der Waals surface area (Å²) in [6.07, 6.45) is 10.6. The van der Waals surface area contributed by atoms with Gasteiger partial charge in [0.1, 0.15) is 16.9 Å². The van der Waals surface area contributed by atoms with Crippen LogP contribution in [0.25, 0.3) is 0 Å². The number of piperidine rings is 1. The Morgan fingerprint density at radius 2 is 2.16 bits per heavy atom. The summed E-state index contributed by atoms with van der Waals surface area (Å²) in [7, 11) is 4.01. The van der Waals surface area contributed by atoms with Gasteiger partial charge in [-0.2, -0.15) is 0 Å². The van der Waals surface area contributed by atoms with Crippen LogP contribution in [0, 0.1) is 0 Å². The number of likely N-dealkylation sites (tertiary alicyclic amines) is 1. The number of hydrogen-bond acceptors (Lipinski definition) is 5. The number of amides is 1. The number of pyridine rings is 1. The van der Waals surface area contributed by atoms with E-state index in [1.165, 1.54) is 25.0 Å². The molecule has 0 radical (unpaired) electrons. The molecule has 25 heavy (non-hydrogen) atoms. The van der Waals surface area contributed by atoms with E-state index in [2.05, 4.69) is 4.98 Å². The Hall–Kier alpha value is -0.590. The number of hydrogen-bond donors (Lipinski definition) is 0. The number of ether oxygens (including phenoxy) is 1. The first-order valence-corrected chi connectivity index (χ1v) is 11.8. The third-order valence-electron chi connectivity index (χ3n) is 4.72. The monoisotopic (exact) mass is 400 g/mol. The van der Waals surface area contributed by atoms with Crippen LogP contribution >= 0.6 is 33.2 Å². The number of halogens is 1. The summed E-state index contributed by atoms with van der Waals surface area (Å²) in [5.74, 6) is 2.27. The molecule has 7 heteroatoms. The Labute approximate surface area is 162 Å². The van der Waals surface area contributed by atoms with Crippen LogP contribution in [0.3, 0.4) is 0 Å². The van der Waals surface area contributed by atoms with Crippen molar-refractivity contribution in [3.05, 3.63) is 23.5 Å². The van der Waals surface area contributed by atoms with Crippen LogP contribution in [0.5, 0.6) is 5.75 Å². The average molecular weight is 401 g/mol. The summed E-state index contributed by atoms with van der Waals surface area (Å²) in [4.78, 5) is 18.3. The Bertz CT molecular complexity index is 562. The minimum Gasteiger partial charge on any atom is -0.489 e. The minimum atomic E-state index is 0.126. The molecule has 1 amide bonds. The molecule has 2 aliphatic rings. The standard InChI is InChI=1S/C18H25ClN2O2S2/c19-16-13-20-9-5-17(16)23-14-6-10-21(11-7-14)18(22)4-2-1-3-15-8-12-24-25-15/h5,9,13-15H,1-4,6-8,10-12H2/t15-/m0/s1. The van der Waals surface area contributed by atoms with Crippen molar-refractivity contribution in [1.82, 2.24) is 9.88 Å². The number of carbonyl (C=O) groups excluding carboxylic acids is 1. The molecule has 0 aliphatic carbocycles. The summed E-state index contributed by atoms with van der Waals surface area (Å²) >= 11 is 6.09. The summed E-state index contributed by atoms with van der Waals surface area (Å²) in [6, 6.07) is 1.79. The summed E-state index contributed by atoms with van der Waals surface area (Å²) in [6.45, 7) is 1.56. The molecule has 1 atom stereocenters.